The number of benzene rings is 8. The molecule has 0 saturated carbocycles. The number of aromatic nitrogens is 1. The molecule has 9 aromatic rings. The van der Waals surface area contributed by atoms with Gasteiger partial charge in [-0.25, -0.2) is 0 Å². The number of rotatable bonds is 3. The summed E-state index contributed by atoms with van der Waals surface area (Å²) in [5.74, 6) is 3.08. The third kappa shape index (κ3) is 4.90. The van der Waals surface area contributed by atoms with Crippen LogP contribution in [0, 0.1) is 0 Å². The smallest absolute Gasteiger partial charge is 0.136 e. The van der Waals surface area contributed by atoms with Gasteiger partial charge in [0, 0.05) is 44.3 Å². The molecule has 0 aliphatic carbocycles. The van der Waals surface area contributed by atoms with Gasteiger partial charge in [-0.3, -0.25) is 0 Å². The molecule has 240 valence electrons. The second-order valence-corrected chi connectivity index (χ2v) is 12.9. The number of nitrogens with zero attached hydrogens (tertiary/aromatic N) is 1. The Morgan fingerprint density at radius 2 is 0.882 bits per heavy atom. The number of para-hydroxylation sites is 5. The van der Waals surface area contributed by atoms with E-state index in [-0.39, 0.29) is 0 Å². The predicted octanol–water partition coefficient (Wildman–Crippen LogP) is 13.3. The second-order valence-electron chi connectivity index (χ2n) is 12.9. The fourth-order valence-electron chi connectivity index (χ4n) is 7.53. The molecule has 0 bridgehead atoms. The summed E-state index contributed by atoms with van der Waals surface area (Å²) >= 11 is 0. The second kappa shape index (κ2) is 11.9. The number of fused-ring (bicyclic) bond motifs is 9. The maximum Gasteiger partial charge on any atom is 0.136 e. The fraction of sp³-hybridized carbons (Fsp3) is 0. The molecule has 0 amide bonds. The van der Waals surface area contributed by atoms with Crippen LogP contribution in [-0.2, 0) is 0 Å². The van der Waals surface area contributed by atoms with Crippen molar-refractivity contribution in [3.8, 4) is 73.2 Å². The maximum absolute atomic E-state index is 7.06. The van der Waals surface area contributed by atoms with Crippen LogP contribution < -0.4 is 9.47 Å². The van der Waals surface area contributed by atoms with Crippen LogP contribution in [0.5, 0.6) is 23.0 Å². The zero-order valence-corrected chi connectivity index (χ0v) is 27.7. The first-order valence-electron chi connectivity index (χ1n) is 17.3. The molecule has 1 aromatic heterocycles. The van der Waals surface area contributed by atoms with Gasteiger partial charge in [0.25, 0.3) is 0 Å². The Hall–Kier alpha value is -6.84. The topological polar surface area (TPSA) is 23.4 Å². The Morgan fingerprint density at radius 1 is 0.314 bits per heavy atom. The van der Waals surface area contributed by atoms with Gasteiger partial charge in [0.15, 0.2) is 0 Å². The Labute approximate surface area is 296 Å². The largest absolute Gasteiger partial charge is 0.456 e. The lowest BCUT2D eigenvalue weighted by molar-refractivity contribution is 0.472. The molecule has 0 radical (unpaired) electrons. The van der Waals surface area contributed by atoms with Crippen LogP contribution >= 0.6 is 0 Å². The van der Waals surface area contributed by atoms with E-state index < -0.39 is 0 Å². The van der Waals surface area contributed by atoms with Crippen molar-refractivity contribution in [2.24, 2.45) is 0 Å². The summed E-state index contributed by atoms with van der Waals surface area (Å²) in [4.78, 5) is 0. The van der Waals surface area contributed by atoms with E-state index in [1.54, 1.807) is 0 Å². The highest BCUT2D eigenvalue weighted by atomic mass is 16.5. The van der Waals surface area contributed by atoms with Crippen LogP contribution in [0.3, 0.4) is 0 Å². The van der Waals surface area contributed by atoms with Gasteiger partial charge >= 0.3 is 0 Å². The van der Waals surface area contributed by atoms with Gasteiger partial charge < -0.3 is 14.0 Å². The van der Waals surface area contributed by atoms with E-state index in [9.17, 15) is 0 Å². The van der Waals surface area contributed by atoms with Crippen LogP contribution in [-0.4, -0.2) is 4.57 Å². The highest BCUT2D eigenvalue weighted by molar-refractivity contribution is 6.14. The van der Waals surface area contributed by atoms with Crippen molar-refractivity contribution in [3.05, 3.63) is 188 Å². The Morgan fingerprint density at radius 3 is 1.67 bits per heavy atom. The third-order valence-corrected chi connectivity index (χ3v) is 9.88. The van der Waals surface area contributed by atoms with Gasteiger partial charge in [0.05, 0.1) is 11.0 Å². The average Bonchev–Trinajstić information content (AvgIpc) is 3.54. The summed E-state index contributed by atoms with van der Waals surface area (Å²) in [5.41, 5.74) is 11.8. The summed E-state index contributed by atoms with van der Waals surface area (Å²) in [5, 5.41) is 2.43. The standard InChI is InChI=1S/C48H31NO2/c1-3-14-32(15-4-1)33-27-29-46-42(30-33)40-28-26-34(31-47(40)51-45-25-12-9-20-39(45)38-19-8-11-24-44(38)50-46)36-21-13-22-41-37-18-7-10-23-43(37)49(48(36)41)35-16-5-2-6-17-35/h1-31H. The normalized spacial score (nSPS) is 11.8. The molecular weight excluding hydrogens is 623 g/mol. The summed E-state index contributed by atoms with van der Waals surface area (Å²) in [7, 11) is 0. The van der Waals surface area contributed by atoms with Crippen LogP contribution in [0.25, 0.3) is 72.0 Å². The first-order chi connectivity index (χ1) is 25.3. The molecule has 0 fully saturated rings. The van der Waals surface area contributed by atoms with E-state index in [0.29, 0.717) is 0 Å². The van der Waals surface area contributed by atoms with E-state index in [0.717, 1.165) is 78.7 Å². The van der Waals surface area contributed by atoms with E-state index in [1.807, 2.05) is 42.5 Å². The maximum atomic E-state index is 7.06. The molecule has 2 heterocycles. The quantitative estimate of drug-likeness (QED) is 0.189. The van der Waals surface area contributed by atoms with Crippen LogP contribution in [0.2, 0.25) is 0 Å². The van der Waals surface area contributed by atoms with Crippen molar-refractivity contribution < 1.29 is 9.47 Å². The molecule has 0 unspecified atom stereocenters. The van der Waals surface area contributed by atoms with Gasteiger partial charge in [-0.1, -0.05) is 133 Å². The predicted molar refractivity (Wildman–Crippen MR) is 209 cm³/mol. The van der Waals surface area contributed by atoms with Gasteiger partial charge in [0.1, 0.15) is 23.0 Å². The van der Waals surface area contributed by atoms with Crippen molar-refractivity contribution in [3.63, 3.8) is 0 Å². The number of hydrogen-bond acceptors (Lipinski definition) is 2. The summed E-state index contributed by atoms with van der Waals surface area (Å²) in [6.07, 6.45) is 0. The van der Waals surface area contributed by atoms with Gasteiger partial charge in [-0.2, -0.15) is 0 Å². The molecule has 0 spiro atoms. The van der Waals surface area contributed by atoms with Crippen LogP contribution in [0.4, 0.5) is 0 Å². The van der Waals surface area contributed by atoms with E-state index in [2.05, 4.69) is 150 Å². The van der Waals surface area contributed by atoms with Crippen molar-refractivity contribution in [1.82, 2.24) is 4.57 Å². The average molecular weight is 654 g/mol. The molecule has 3 heteroatoms. The van der Waals surface area contributed by atoms with Crippen molar-refractivity contribution in [1.29, 1.82) is 0 Å². The molecule has 1 aliphatic rings. The minimum atomic E-state index is 0.758. The lowest BCUT2D eigenvalue weighted by Crippen LogP contribution is -1.99. The van der Waals surface area contributed by atoms with Gasteiger partial charge in [0.2, 0.25) is 0 Å². The number of hydrogen-bond donors (Lipinski definition) is 0. The summed E-state index contributed by atoms with van der Waals surface area (Å²) in [6.45, 7) is 0. The molecule has 8 aromatic carbocycles. The highest BCUT2D eigenvalue weighted by Crippen LogP contribution is 2.49. The lowest BCUT2D eigenvalue weighted by Gasteiger charge is -2.22. The molecule has 10 rings (SSSR count). The minimum absolute atomic E-state index is 0.758. The molecule has 1 aliphatic heterocycles. The zero-order valence-electron chi connectivity index (χ0n) is 27.7. The van der Waals surface area contributed by atoms with Gasteiger partial charge in [-0.05, 0) is 71.3 Å². The zero-order chi connectivity index (χ0) is 33.7. The van der Waals surface area contributed by atoms with E-state index in [4.69, 9.17) is 9.47 Å². The highest BCUT2D eigenvalue weighted by Gasteiger charge is 2.23. The molecule has 3 nitrogen and oxygen atoms in total. The first-order valence-corrected chi connectivity index (χ1v) is 17.3. The SMILES string of the molecule is c1ccc(-c2ccc3c(c2)-c2ccc(-c4cccc5c6ccccc6n(-c6ccccc6)c45)cc2Oc2ccccc2-c2ccccc2O3)cc1. The van der Waals surface area contributed by atoms with Crippen LogP contribution in [0.1, 0.15) is 0 Å². The summed E-state index contributed by atoms with van der Waals surface area (Å²) in [6, 6.07) is 65.8. The summed E-state index contributed by atoms with van der Waals surface area (Å²) < 4.78 is 16.3. The van der Waals surface area contributed by atoms with Gasteiger partial charge in [-0.15, -0.1) is 0 Å². The Balaban J connectivity index is 1.24. The van der Waals surface area contributed by atoms with E-state index >= 15 is 0 Å². The molecule has 0 saturated heterocycles. The molecular formula is C48H31NO2. The molecule has 0 N–H and O–H groups in total. The number of ether oxygens (including phenoxy) is 2. The van der Waals surface area contributed by atoms with Crippen molar-refractivity contribution >= 4 is 21.8 Å². The minimum Gasteiger partial charge on any atom is -0.456 e. The Kier molecular flexibility index (Phi) is 6.81. The fourth-order valence-corrected chi connectivity index (χ4v) is 7.53. The van der Waals surface area contributed by atoms with Crippen molar-refractivity contribution in [2.75, 3.05) is 0 Å². The Bertz CT molecular complexity index is 2740. The first kappa shape index (κ1) is 29.1. The lowest BCUT2D eigenvalue weighted by atomic mass is 9.94. The third-order valence-electron chi connectivity index (χ3n) is 9.88. The van der Waals surface area contributed by atoms with E-state index in [1.165, 1.54) is 16.3 Å². The van der Waals surface area contributed by atoms with Crippen molar-refractivity contribution in [2.45, 2.75) is 0 Å². The molecule has 51 heavy (non-hydrogen) atoms. The monoisotopic (exact) mass is 653 g/mol. The van der Waals surface area contributed by atoms with Crippen LogP contribution in [0.15, 0.2) is 188 Å². The molecule has 0 atom stereocenters.